The number of hydrogen-bond acceptors (Lipinski definition) is 2. The molecule has 1 aliphatic heterocycles. The molecular weight excluding hydrogens is 314 g/mol. The van der Waals surface area contributed by atoms with Crippen LogP contribution in [0.1, 0.15) is 24.1 Å². The summed E-state index contributed by atoms with van der Waals surface area (Å²) < 4.78 is 7.47. The Morgan fingerprint density at radius 2 is 2.12 bits per heavy atom. The standard InChI is InChI=1S/C20H23N3O2/c1-25-15-6-7-18-16(13-15)17-14-23(12-8-19(17)21-18)20(24)5-4-11-22-9-2-3-10-22/h2-3,6-7,9-10,13,21H,4-5,8,11-12,14H2,1H3. The average molecular weight is 337 g/mol. The summed E-state index contributed by atoms with van der Waals surface area (Å²) in [6.07, 6.45) is 6.43. The summed E-state index contributed by atoms with van der Waals surface area (Å²) in [6, 6.07) is 10.1. The molecule has 0 saturated heterocycles. The number of H-pyrrole nitrogens is 1. The largest absolute Gasteiger partial charge is 0.497 e. The van der Waals surface area contributed by atoms with E-state index in [0.29, 0.717) is 13.0 Å². The predicted octanol–water partition coefficient (Wildman–Crippen LogP) is 3.34. The van der Waals surface area contributed by atoms with Gasteiger partial charge in [-0.15, -0.1) is 0 Å². The summed E-state index contributed by atoms with van der Waals surface area (Å²) in [6.45, 7) is 2.37. The van der Waals surface area contributed by atoms with E-state index in [0.717, 1.165) is 37.2 Å². The number of benzene rings is 1. The van der Waals surface area contributed by atoms with E-state index in [2.05, 4.69) is 21.7 Å². The number of amides is 1. The molecule has 0 unspecified atom stereocenters. The highest BCUT2D eigenvalue weighted by molar-refractivity contribution is 5.87. The van der Waals surface area contributed by atoms with Crippen molar-refractivity contribution in [2.75, 3.05) is 13.7 Å². The van der Waals surface area contributed by atoms with Gasteiger partial charge in [-0.05, 0) is 36.8 Å². The van der Waals surface area contributed by atoms with Crippen LogP contribution in [-0.2, 0) is 24.3 Å². The summed E-state index contributed by atoms with van der Waals surface area (Å²) in [5, 5.41) is 1.17. The van der Waals surface area contributed by atoms with E-state index >= 15 is 0 Å². The summed E-state index contributed by atoms with van der Waals surface area (Å²) in [4.78, 5) is 18.1. The summed E-state index contributed by atoms with van der Waals surface area (Å²) in [7, 11) is 1.68. The Morgan fingerprint density at radius 3 is 2.92 bits per heavy atom. The minimum Gasteiger partial charge on any atom is -0.497 e. The number of ether oxygens (including phenoxy) is 1. The molecule has 5 nitrogen and oxygen atoms in total. The molecule has 1 N–H and O–H groups in total. The van der Waals surface area contributed by atoms with Crippen molar-refractivity contribution in [1.82, 2.24) is 14.5 Å². The van der Waals surface area contributed by atoms with Crippen LogP contribution in [0.2, 0.25) is 0 Å². The van der Waals surface area contributed by atoms with Crippen LogP contribution >= 0.6 is 0 Å². The Bertz CT molecular complexity index is 880. The lowest BCUT2D eigenvalue weighted by Gasteiger charge is -2.27. The second-order valence-electron chi connectivity index (χ2n) is 6.58. The topological polar surface area (TPSA) is 50.3 Å². The first-order valence-corrected chi connectivity index (χ1v) is 8.80. The highest BCUT2D eigenvalue weighted by atomic mass is 16.5. The summed E-state index contributed by atoms with van der Waals surface area (Å²) >= 11 is 0. The van der Waals surface area contributed by atoms with Gasteiger partial charge in [0, 0.05) is 67.0 Å². The molecule has 5 heteroatoms. The third kappa shape index (κ3) is 3.14. The van der Waals surface area contributed by atoms with Crippen molar-refractivity contribution < 1.29 is 9.53 Å². The van der Waals surface area contributed by atoms with Crippen LogP contribution in [0.4, 0.5) is 0 Å². The van der Waals surface area contributed by atoms with Gasteiger partial charge in [0.05, 0.1) is 7.11 Å². The minimum atomic E-state index is 0.245. The van der Waals surface area contributed by atoms with Gasteiger partial charge in [0.1, 0.15) is 5.75 Å². The quantitative estimate of drug-likeness (QED) is 0.776. The number of carbonyl (C=O) groups is 1. The van der Waals surface area contributed by atoms with Crippen LogP contribution in [0.5, 0.6) is 5.75 Å². The van der Waals surface area contributed by atoms with Crippen molar-refractivity contribution in [2.24, 2.45) is 0 Å². The molecule has 1 amide bonds. The van der Waals surface area contributed by atoms with E-state index in [1.54, 1.807) is 7.11 Å². The Kier molecular flexibility index (Phi) is 4.22. The van der Waals surface area contributed by atoms with Crippen LogP contribution in [-0.4, -0.2) is 34.0 Å². The van der Waals surface area contributed by atoms with Gasteiger partial charge in [-0.3, -0.25) is 4.79 Å². The average Bonchev–Trinajstić information content (AvgIpc) is 3.27. The maximum atomic E-state index is 12.6. The molecule has 0 saturated carbocycles. The molecule has 0 atom stereocenters. The molecule has 4 rings (SSSR count). The molecule has 0 bridgehead atoms. The summed E-state index contributed by atoms with van der Waals surface area (Å²) in [5.41, 5.74) is 3.60. The van der Waals surface area contributed by atoms with E-state index in [1.807, 2.05) is 35.5 Å². The van der Waals surface area contributed by atoms with E-state index in [9.17, 15) is 4.79 Å². The normalized spacial score (nSPS) is 13.9. The summed E-state index contributed by atoms with van der Waals surface area (Å²) in [5.74, 6) is 1.10. The lowest BCUT2D eigenvalue weighted by molar-refractivity contribution is -0.132. The molecule has 25 heavy (non-hydrogen) atoms. The molecule has 0 fully saturated rings. The maximum absolute atomic E-state index is 12.6. The van der Waals surface area contributed by atoms with E-state index < -0.39 is 0 Å². The van der Waals surface area contributed by atoms with Crippen LogP contribution < -0.4 is 4.74 Å². The van der Waals surface area contributed by atoms with Crippen molar-refractivity contribution >= 4 is 16.8 Å². The van der Waals surface area contributed by atoms with Gasteiger partial charge in [0.15, 0.2) is 0 Å². The van der Waals surface area contributed by atoms with Crippen molar-refractivity contribution in [3.63, 3.8) is 0 Å². The molecule has 0 spiro atoms. The van der Waals surface area contributed by atoms with Gasteiger partial charge in [-0.25, -0.2) is 0 Å². The Labute approximate surface area is 147 Å². The number of nitrogens with one attached hydrogen (secondary N) is 1. The first-order valence-electron chi connectivity index (χ1n) is 8.80. The maximum Gasteiger partial charge on any atom is 0.222 e. The molecule has 3 heterocycles. The number of hydrogen-bond donors (Lipinski definition) is 1. The van der Waals surface area contributed by atoms with Gasteiger partial charge in [-0.1, -0.05) is 0 Å². The van der Waals surface area contributed by atoms with Crippen molar-refractivity contribution in [3.05, 3.63) is 54.0 Å². The second kappa shape index (κ2) is 6.67. The third-order valence-electron chi connectivity index (χ3n) is 5.01. The molecule has 2 aromatic heterocycles. The lowest BCUT2D eigenvalue weighted by atomic mass is 10.0. The van der Waals surface area contributed by atoms with Crippen LogP contribution in [0.15, 0.2) is 42.7 Å². The fourth-order valence-corrected chi connectivity index (χ4v) is 3.62. The number of rotatable bonds is 5. The van der Waals surface area contributed by atoms with Gasteiger partial charge in [0.25, 0.3) is 0 Å². The molecule has 0 aliphatic carbocycles. The number of aromatic nitrogens is 2. The van der Waals surface area contributed by atoms with Crippen LogP contribution in [0, 0.1) is 0 Å². The van der Waals surface area contributed by atoms with E-state index in [-0.39, 0.29) is 5.91 Å². The fourth-order valence-electron chi connectivity index (χ4n) is 3.62. The lowest BCUT2D eigenvalue weighted by Crippen LogP contribution is -2.35. The third-order valence-corrected chi connectivity index (χ3v) is 5.01. The Balaban J connectivity index is 1.45. The van der Waals surface area contributed by atoms with E-state index in [4.69, 9.17) is 4.74 Å². The first-order chi connectivity index (χ1) is 12.2. The number of aromatic amines is 1. The number of methoxy groups -OCH3 is 1. The second-order valence-corrected chi connectivity index (χ2v) is 6.58. The smallest absolute Gasteiger partial charge is 0.222 e. The minimum absolute atomic E-state index is 0.245. The monoisotopic (exact) mass is 337 g/mol. The zero-order valence-electron chi connectivity index (χ0n) is 14.5. The van der Waals surface area contributed by atoms with Gasteiger partial charge < -0.3 is 19.2 Å². The number of nitrogens with zero attached hydrogens (tertiary/aromatic N) is 2. The molecule has 1 aliphatic rings. The first kappa shape index (κ1) is 15.8. The van der Waals surface area contributed by atoms with Gasteiger partial charge >= 0.3 is 0 Å². The van der Waals surface area contributed by atoms with Crippen molar-refractivity contribution in [3.8, 4) is 5.75 Å². The number of fused-ring (bicyclic) bond motifs is 3. The zero-order valence-corrected chi connectivity index (χ0v) is 14.5. The van der Waals surface area contributed by atoms with Gasteiger partial charge in [-0.2, -0.15) is 0 Å². The van der Waals surface area contributed by atoms with E-state index in [1.165, 1.54) is 16.6 Å². The molecular formula is C20H23N3O2. The molecule has 130 valence electrons. The number of aryl methyl sites for hydroxylation is 1. The van der Waals surface area contributed by atoms with Gasteiger partial charge in [0.2, 0.25) is 5.91 Å². The fraction of sp³-hybridized carbons (Fsp3) is 0.350. The van der Waals surface area contributed by atoms with Crippen LogP contribution in [0.3, 0.4) is 0 Å². The SMILES string of the molecule is COc1ccc2[nH]c3c(c2c1)CN(C(=O)CCCn1cccc1)CC3. The highest BCUT2D eigenvalue weighted by Gasteiger charge is 2.23. The van der Waals surface area contributed by atoms with Crippen molar-refractivity contribution in [2.45, 2.75) is 32.4 Å². The van der Waals surface area contributed by atoms with Crippen molar-refractivity contribution in [1.29, 1.82) is 0 Å². The Hall–Kier alpha value is -2.69. The zero-order chi connectivity index (χ0) is 17.2. The molecule has 0 radical (unpaired) electrons. The van der Waals surface area contributed by atoms with Crippen LogP contribution in [0.25, 0.3) is 10.9 Å². The highest BCUT2D eigenvalue weighted by Crippen LogP contribution is 2.30. The Morgan fingerprint density at radius 1 is 1.28 bits per heavy atom. The molecule has 3 aromatic rings. The number of carbonyl (C=O) groups excluding carboxylic acids is 1. The molecule has 1 aromatic carbocycles. The predicted molar refractivity (Wildman–Crippen MR) is 97.6 cm³/mol.